The predicted molar refractivity (Wildman–Crippen MR) is 82.5 cm³/mol. The van der Waals surface area contributed by atoms with E-state index in [1.165, 1.54) is 6.42 Å². The third-order valence-corrected chi connectivity index (χ3v) is 4.21. The van der Waals surface area contributed by atoms with Crippen molar-refractivity contribution >= 4 is 5.69 Å². The number of ether oxygens (including phenoxy) is 1. The van der Waals surface area contributed by atoms with Gasteiger partial charge in [-0.25, -0.2) is 0 Å². The molecule has 0 amide bonds. The third-order valence-electron chi connectivity index (χ3n) is 4.21. The van der Waals surface area contributed by atoms with Crippen LogP contribution < -0.4 is 10.1 Å². The Bertz CT molecular complexity index is 490. The Morgan fingerprint density at radius 3 is 2.90 bits per heavy atom. The van der Waals surface area contributed by atoms with Gasteiger partial charge in [-0.05, 0) is 43.9 Å². The lowest BCUT2D eigenvalue weighted by atomic mass is 9.85. The summed E-state index contributed by atoms with van der Waals surface area (Å²) in [6.45, 7) is 2.87. The first kappa shape index (κ1) is 15.8. The van der Waals surface area contributed by atoms with Crippen molar-refractivity contribution in [2.45, 2.75) is 51.7 Å². The molecular weight excluding hydrogens is 268 g/mol. The molecule has 1 aromatic carbocycles. The maximum Gasteiger partial charge on any atom is 0.310 e. The fourth-order valence-corrected chi connectivity index (χ4v) is 3.02. The van der Waals surface area contributed by atoms with Crippen LogP contribution in [-0.2, 0) is 6.54 Å². The lowest BCUT2D eigenvalue weighted by molar-refractivity contribution is -0.386. The number of rotatable bonds is 6. The molecule has 1 aliphatic rings. The third kappa shape index (κ3) is 4.17. The molecule has 5 heteroatoms. The van der Waals surface area contributed by atoms with Crippen LogP contribution >= 0.6 is 0 Å². The molecule has 1 aromatic rings. The number of nitrogens with one attached hydrogen (secondary N) is 1. The van der Waals surface area contributed by atoms with Crippen molar-refractivity contribution in [3.63, 3.8) is 0 Å². The first-order valence-electron chi connectivity index (χ1n) is 7.72. The van der Waals surface area contributed by atoms with Crippen molar-refractivity contribution in [3.8, 4) is 5.75 Å². The van der Waals surface area contributed by atoms with E-state index in [1.807, 2.05) is 7.05 Å². The number of hydrogen-bond acceptors (Lipinski definition) is 4. The summed E-state index contributed by atoms with van der Waals surface area (Å²) < 4.78 is 6.00. The topological polar surface area (TPSA) is 64.4 Å². The van der Waals surface area contributed by atoms with E-state index in [0.29, 0.717) is 18.2 Å². The fraction of sp³-hybridized carbons (Fsp3) is 0.625. The minimum Gasteiger partial charge on any atom is -0.483 e. The molecule has 2 atom stereocenters. The second-order valence-corrected chi connectivity index (χ2v) is 5.77. The van der Waals surface area contributed by atoms with E-state index in [0.717, 1.165) is 31.2 Å². The van der Waals surface area contributed by atoms with Gasteiger partial charge in [-0.3, -0.25) is 10.1 Å². The van der Waals surface area contributed by atoms with E-state index in [1.54, 1.807) is 18.2 Å². The standard InChI is InChI=1S/C16H24N2O3/c1-3-12-5-4-6-14(9-12)21-16-10-13(11-17-2)7-8-15(16)18(19)20/h7-8,10,12,14,17H,3-6,9,11H2,1-2H3. The van der Waals surface area contributed by atoms with Gasteiger partial charge in [-0.1, -0.05) is 25.8 Å². The van der Waals surface area contributed by atoms with Crippen molar-refractivity contribution in [3.05, 3.63) is 33.9 Å². The molecule has 116 valence electrons. The van der Waals surface area contributed by atoms with Gasteiger partial charge in [0.05, 0.1) is 11.0 Å². The van der Waals surface area contributed by atoms with Crippen LogP contribution in [0.4, 0.5) is 5.69 Å². The number of hydrogen-bond donors (Lipinski definition) is 1. The van der Waals surface area contributed by atoms with Crippen LogP contribution in [0.1, 0.15) is 44.6 Å². The van der Waals surface area contributed by atoms with Gasteiger partial charge in [-0.15, -0.1) is 0 Å². The van der Waals surface area contributed by atoms with Crippen molar-refractivity contribution in [1.82, 2.24) is 5.32 Å². The molecule has 1 saturated carbocycles. The quantitative estimate of drug-likeness (QED) is 0.642. The number of nitrogens with zero attached hydrogens (tertiary/aromatic N) is 1. The molecule has 1 N–H and O–H groups in total. The normalized spacial score (nSPS) is 22.0. The maximum atomic E-state index is 11.2. The first-order valence-corrected chi connectivity index (χ1v) is 7.72. The molecule has 0 spiro atoms. The highest BCUT2D eigenvalue weighted by Gasteiger charge is 2.25. The minimum absolute atomic E-state index is 0.0634. The summed E-state index contributed by atoms with van der Waals surface area (Å²) in [4.78, 5) is 10.8. The molecule has 0 aromatic heterocycles. The van der Waals surface area contributed by atoms with Crippen LogP contribution in [0.3, 0.4) is 0 Å². The second kappa shape index (κ2) is 7.41. The van der Waals surface area contributed by atoms with Crippen molar-refractivity contribution in [1.29, 1.82) is 0 Å². The maximum absolute atomic E-state index is 11.2. The summed E-state index contributed by atoms with van der Waals surface area (Å²) >= 11 is 0. The summed E-state index contributed by atoms with van der Waals surface area (Å²) in [7, 11) is 1.86. The average molecular weight is 292 g/mol. The molecule has 2 rings (SSSR count). The molecule has 0 saturated heterocycles. The number of nitro benzene ring substituents is 1. The number of nitro groups is 1. The zero-order chi connectivity index (χ0) is 15.2. The van der Waals surface area contributed by atoms with Crippen molar-refractivity contribution < 1.29 is 9.66 Å². The van der Waals surface area contributed by atoms with E-state index < -0.39 is 0 Å². The molecule has 5 nitrogen and oxygen atoms in total. The Morgan fingerprint density at radius 2 is 2.24 bits per heavy atom. The molecule has 0 heterocycles. The van der Waals surface area contributed by atoms with Crippen LogP contribution in [0.15, 0.2) is 18.2 Å². The SMILES string of the molecule is CCC1CCCC(Oc2cc(CNC)ccc2[N+](=O)[O-])C1. The van der Waals surface area contributed by atoms with Crippen molar-refractivity contribution in [2.75, 3.05) is 7.05 Å². The number of benzene rings is 1. The molecule has 2 unspecified atom stereocenters. The Kier molecular flexibility index (Phi) is 5.56. The van der Waals surface area contributed by atoms with Crippen LogP contribution in [0.5, 0.6) is 5.75 Å². The summed E-state index contributed by atoms with van der Waals surface area (Å²) in [5, 5.41) is 14.2. The largest absolute Gasteiger partial charge is 0.483 e. The van der Waals surface area contributed by atoms with Gasteiger partial charge in [0.15, 0.2) is 5.75 Å². The Morgan fingerprint density at radius 1 is 1.43 bits per heavy atom. The molecule has 1 fully saturated rings. The highest BCUT2D eigenvalue weighted by molar-refractivity contribution is 5.48. The lowest BCUT2D eigenvalue weighted by Gasteiger charge is -2.28. The van der Waals surface area contributed by atoms with Gasteiger partial charge in [0, 0.05) is 12.6 Å². The average Bonchev–Trinajstić information content (AvgIpc) is 2.48. The predicted octanol–water partition coefficient (Wildman–Crippen LogP) is 3.66. The van der Waals surface area contributed by atoms with Crippen LogP contribution in [0, 0.1) is 16.0 Å². The summed E-state index contributed by atoms with van der Waals surface area (Å²) in [5.41, 5.74) is 1.06. The highest BCUT2D eigenvalue weighted by Crippen LogP contribution is 2.34. The molecule has 0 radical (unpaired) electrons. The van der Waals surface area contributed by atoms with Crippen LogP contribution in [0.2, 0.25) is 0 Å². The van der Waals surface area contributed by atoms with E-state index in [-0.39, 0.29) is 16.7 Å². The Hall–Kier alpha value is -1.62. The fourth-order valence-electron chi connectivity index (χ4n) is 3.02. The minimum atomic E-state index is -0.362. The summed E-state index contributed by atoms with van der Waals surface area (Å²) in [6, 6.07) is 5.11. The summed E-state index contributed by atoms with van der Waals surface area (Å²) in [5.74, 6) is 1.10. The monoisotopic (exact) mass is 292 g/mol. The lowest BCUT2D eigenvalue weighted by Crippen LogP contribution is -2.25. The smallest absolute Gasteiger partial charge is 0.310 e. The van der Waals surface area contributed by atoms with Gasteiger partial charge < -0.3 is 10.1 Å². The zero-order valence-corrected chi connectivity index (χ0v) is 12.8. The van der Waals surface area contributed by atoms with E-state index in [2.05, 4.69) is 12.2 Å². The van der Waals surface area contributed by atoms with Gasteiger partial charge in [0.1, 0.15) is 0 Å². The highest BCUT2D eigenvalue weighted by atomic mass is 16.6. The molecule has 21 heavy (non-hydrogen) atoms. The van der Waals surface area contributed by atoms with E-state index >= 15 is 0 Å². The van der Waals surface area contributed by atoms with Gasteiger partial charge in [0.2, 0.25) is 0 Å². The molecule has 1 aliphatic carbocycles. The Balaban J connectivity index is 2.16. The Labute approximate surface area is 125 Å². The molecule has 0 aliphatic heterocycles. The second-order valence-electron chi connectivity index (χ2n) is 5.77. The first-order chi connectivity index (χ1) is 10.1. The van der Waals surface area contributed by atoms with Gasteiger partial charge >= 0.3 is 5.69 Å². The molecular formula is C16H24N2O3. The van der Waals surface area contributed by atoms with E-state index in [9.17, 15) is 10.1 Å². The summed E-state index contributed by atoms with van der Waals surface area (Å²) in [6.07, 6.45) is 5.65. The van der Waals surface area contributed by atoms with Gasteiger partial charge in [-0.2, -0.15) is 0 Å². The van der Waals surface area contributed by atoms with Crippen LogP contribution in [0.25, 0.3) is 0 Å². The van der Waals surface area contributed by atoms with Gasteiger partial charge in [0.25, 0.3) is 0 Å². The molecule has 0 bridgehead atoms. The zero-order valence-electron chi connectivity index (χ0n) is 12.8. The van der Waals surface area contributed by atoms with Crippen molar-refractivity contribution in [2.24, 2.45) is 5.92 Å². The van der Waals surface area contributed by atoms with E-state index in [4.69, 9.17) is 4.74 Å². The van der Waals surface area contributed by atoms with Crippen LogP contribution in [-0.4, -0.2) is 18.1 Å².